The van der Waals surface area contributed by atoms with Crippen LogP contribution in [0.25, 0.3) is 0 Å². The van der Waals surface area contributed by atoms with Crippen molar-refractivity contribution in [2.75, 3.05) is 10.7 Å². The van der Waals surface area contributed by atoms with Crippen LogP contribution in [0.4, 0.5) is 11.6 Å². The summed E-state index contributed by atoms with van der Waals surface area (Å²) in [6.45, 7) is 8.69. The lowest BCUT2D eigenvalue weighted by Crippen LogP contribution is -2.15. The predicted octanol–water partition coefficient (Wildman–Crippen LogP) is 2.57. The summed E-state index contributed by atoms with van der Waals surface area (Å²) in [4.78, 5) is 13.4. The van der Waals surface area contributed by atoms with Gasteiger partial charge in [-0.3, -0.25) is 0 Å². The Morgan fingerprint density at radius 2 is 1.90 bits per heavy atom. The molecular weight excluding hydrogens is 272 g/mol. The third-order valence-electron chi connectivity index (χ3n) is 2.92. The molecule has 0 aliphatic carbocycles. The van der Waals surface area contributed by atoms with Gasteiger partial charge in [-0.2, -0.15) is 0 Å². The van der Waals surface area contributed by atoms with Crippen LogP contribution in [0.15, 0.2) is 5.38 Å². The molecule has 20 heavy (non-hydrogen) atoms. The molecule has 0 amide bonds. The topological polar surface area (TPSA) is 88.8 Å². The summed E-state index contributed by atoms with van der Waals surface area (Å²) in [6.07, 6.45) is 0. The van der Waals surface area contributed by atoms with E-state index in [0.717, 1.165) is 27.9 Å². The van der Waals surface area contributed by atoms with Gasteiger partial charge in [0.2, 0.25) is 0 Å². The molecule has 0 atom stereocenters. The molecule has 2 rings (SSSR count). The second kappa shape index (κ2) is 6.15. The van der Waals surface area contributed by atoms with Crippen molar-refractivity contribution in [1.29, 1.82) is 0 Å². The standard InChI is InChI=1S/C13H20N6S/c1-7(2)11-17-12(8(3)13(18-11)19-14)15-5-10-6-20-9(4)16-10/h6-7H,5,14H2,1-4H3,(H2,15,17,18,19). The molecule has 2 heterocycles. The first kappa shape index (κ1) is 14.7. The molecule has 108 valence electrons. The van der Waals surface area contributed by atoms with Crippen molar-refractivity contribution in [3.05, 3.63) is 27.5 Å². The maximum Gasteiger partial charge on any atom is 0.148 e. The van der Waals surface area contributed by atoms with Crippen LogP contribution in [0.3, 0.4) is 0 Å². The number of nitrogens with two attached hydrogens (primary N) is 1. The molecule has 0 unspecified atom stereocenters. The van der Waals surface area contributed by atoms with Crippen molar-refractivity contribution in [3.63, 3.8) is 0 Å². The zero-order valence-corrected chi connectivity index (χ0v) is 13.0. The van der Waals surface area contributed by atoms with Crippen LogP contribution in [0.2, 0.25) is 0 Å². The summed E-state index contributed by atoms with van der Waals surface area (Å²) in [5, 5.41) is 6.42. The number of aromatic nitrogens is 3. The summed E-state index contributed by atoms with van der Waals surface area (Å²) in [5.41, 5.74) is 4.55. The Bertz CT molecular complexity index is 593. The monoisotopic (exact) mass is 292 g/mol. The summed E-state index contributed by atoms with van der Waals surface area (Å²) in [6, 6.07) is 0. The first-order valence-electron chi connectivity index (χ1n) is 6.51. The highest BCUT2D eigenvalue weighted by molar-refractivity contribution is 7.09. The number of hydrogen-bond donors (Lipinski definition) is 3. The van der Waals surface area contributed by atoms with Crippen LogP contribution in [-0.4, -0.2) is 15.0 Å². The SMILES string of the molecule is Cc1nc(CNc2nc(C(C)C)nc(NN)c2C)cs1. The van der Waals surface area contributed by atoms with Gasteiger partial charge in [-0.15, -0.1) is 11.3 Å². The van der Waals surface area contributed by atoms with Gasteiger partial charge in [0.05, 0.1) is 17.2 Å². The molecule has 2 aromatic rings. The van der Waals surface area contributed by atoms with E-state index in [1.165, 1.54) is 0 Å². The number of hydrogen-bond acceptors (Lipinski definition) is 7. The van der Waals surface area contributed by atoms with Gasteiger partial charge < -0.3 is 10.7 Å². The molecule has 0 radical (unpaired) electrons. The fourth-order valence-corrected chi connectivity index (χ4v) is 2.38. The lowest BCUT2D eigenvalue weighted by Gasteiger charge is -2.14. The number of nitrogen functional groups attached to an aromatic ring is 1. The summed E-state index contributed by atoms with van der Waals surface area (Å²) < 4.78 is 0. The van der Waals surface area contributed by atoms with Crippen LogP contribution in [0.5, 0.6) is 0 Å². The highest BCUT2D eigenvalue weighted by Gasteiger charge is 2.12. The van der Waals surface area contributed by atoms with Gasteiger partial charge in [0.25, 0.3) is 0 Å². The molecule has 2 aromatic heterocycles. The number of nitrogens with zero attached hydrogens (tertiary/aromatic N) is 3. The molecule has 0 saturated carbocycles. The Hall–Kier alpha value is -1.73. The molecule has 0 bridgehead atoms. The Kier molecular flexibility index (Phi) is 4.51. The van der Waals surface area contributed by atoms with Crippen molar-refractivity contribution in [3.8, 4) is 0 Å². The highest BCUT2D eigenvalue weighted by Crippen LogP contribution is 2.23. The second-order valence-corrected chi connectivity index (χ2v) is 5.98. The minimum absolute atomic E-state index is 0.241. The first-order valence-corrected chi connectivity index (χ1v) is 7.39. The van der Waals surface area contributed by atoms with E-state index in [9.17, 15) is 0 Å². The fraction of sp³-hybridized carbons (Fsp3) is 0.462. The fourth-order valence-electron chi connectivity index (χ4n) is 1.77. The van der Waals surface area contributed by atoms with Gasteiger partial charge in [0.1, 0.15) is 17.5 Å². The predicted molar refractivity (Wildman–Crippen MR) is 82.8 cm³/mol. The molecule has 0 aliphatic rings. The highest BCUT2D eigenvalue weighted by atomic mass is 32.1. The molecule has 6 nitrogen and oxygen atoms in total. The average molecular weight is 292 g/mol. The van der Waals surface area contributed by atoms with Crippen molar-refractivity contribution >= 4 is 23.0 Å². The molecular formula is C13H20N6S. The molecule has 4 N–H and O–H groups in total. The van der Waals surface area contributed by atoms with E-state index in [0.29, 0.717) is 12.4 Å². The number of rotatable bonds is 5. The Morgan fingerprint density at radius 3 is 2.45 bits per heavy atom. The lowest BCUT2D eigenvalue weighted by molar-refractivity contribution is 0.772. The Morgan fingerprint density at radius 1 is 1.20 bits per heavy atom. The van der Waals surface area contributed by atoms with E-state index in [1.54, 1.807) is 11.3 Å². The zero-order chi connectivity index (χ0) is 14.7. The van der Waals surface area contributed by atoms with E-state index in [4.69, 9.17) is 5.84 Å². The Labute approximate surface area is 122 Å². The minimum atomic E-state index is 0.241. The quantitative estimate of drug-likeness (QED) is 0.580. The zero-order valence-electron chi connectivity index (χ0n) is 12.2. The van der Waals surface area contributed by atoms with E-state index < -0.39 is 0 Å². The average Bonchev–Trinajstić information content (AvgIpc) is 2.83. The smallest absolute Gasteiger partial charge is 0.148 e. The summed E-state index contributed by atoms with van der Waals surface area (Å²) in [5.74, 6) is 7.97. The molecule has 7 heteroatoms. The van der Waals surface area contributed by atoms with Gasteiger partial charge in [-0.05, 0) is 13.8 Å². The van der Waals surface area contributed by atoms with Crippen LogP contribution in [0, 0.1) is 13.8 Å². The van der Waals surface area contributed by atoms with E-state index >= 15 is 0 Å². The summed E-state index contributed by atoms with van der Waals surface area (Å²) >= 11 is 1.64. The normalized spacial score (nSPS) is 10.9. The van der Waals surface area contributed by atoms with Gasteiger partial charge in [-0.1, -0.05) is 13.8 Å². The van der Waals surface area contributed by atoms with Gasteiger partial charge >= 0.3 is 0 Å². The second-order valence-electron chi connectivity index (χ2n) is 4.91. The van der Waals surface area contributed by atoms with Crippen LogP contribution < -0.4 is 16.6 Å². The van der Waals surface area contributed by atoms with Gasteiger partial charge in [-0.25, -0.2) is 20.8 Å². The van der Waals surface area contributed by atoms with Crippen LogP contribution in [0.1, 0.15) is 41.9 Å². The Balaban J connectivity index is 2.23. The maximum atomic E-state index is 5.52. The molecule has 0 aliphatic heterocycles. The van der Waals surface area contributed by atoms with Crippen molar-refractivity contribution in [2.45, 2.75) is 40.2 Å². The van der Waals surface area contributed by atoms with Crippen molar-refractivity contribution in [2.24, 2.45) is 5.84 Å². The van der Waals surface area contributed by atoms with E-state index in [1.807, 2.05) is 19.2 Å². The maximum absolute atomic E-state index is 5.52. The number of aryl methyl sites for hydroxylation is 1. The number of thiazole rings is 1. The summed E-state index contributed by atoms with van der Waals surface area (Å²) in [7, 11) is 0. The largest absolute Gasteiger partial charge is 0.364 e. The van der Waals surface area contributed by atoms with Crippen LogP contribution >= 0.6 is 11.3 Å². The number of hydrazine groups is 1. The lowest BCUT2D eigenvalue weighted by atomic mass is 10.2. The molecule has 0 spiro atoms. The number of anilines is 2. The van der Waals surface area contributed by atoms with E-state index in [2.05, 4.69) is 39.5 Å². The molecule has 0 saturated heterocycles. The molecule has 0 aromatic carbocycles. The first-order chi connectivity index (χ1) is 9.51. The van der Waals surface area contributed by atoms with Gasteiger partial charge in [0.15, 0.2) is 0 Å². The minimum Gasteiger partial charge on any atom is -0.364 e. The van der Waals surface area contributed by atoms with Gasteiger partial charge in [0, 0.05) is 16.9 Å². The van der Waals surface area contributed by atoms with Crippen molar-refractivity contribution in [1.82, 2.24) is 15.0 Å². The third-order valence-corrected chi connectivity index (χ3v) is 3.74. The number of nitrogens with one attached hydrogen (secondary N) is 2. The third kappa shape index (κ3) is 3.23. The van der Waals surface area contributed by atoms with E-state index in [-0.39, 0.29) is 5.92 Å². The molecule has 0 fully saturated rings. The van der Waals surface area contributed by atoms with Crippen LogP contribution in [-0.2, 0) is 6.54 Å². The van der Waals surface area contributed by atoms with Crippen molar-refractivity contribution < 1.29 is 0 Å².